The van der Waals surface area contributed by atoms with Crippen LogP contribution in [0.4, 0.5) is 15.3 Å². The quantitative estimate of drug-likeness (QED) is 0.0994. The Labute approximate surface area is 281 Å². The van der Waals surface area contributed by atoms with Gasteiger partial charge < -0.3 is 34.4 Å². The summed E-state index contributed by atoms with van der Waals surface area (Å²) in [5.74, 6) is -0.347. The Morgan fingerprint density at radius 1 is 0.796 bits per heavy atom. The summed E-state index contributed by atoms with van der Waals surface area (Å²) < 4.78 is 36.5. The molecule has 4 aromatic rings. The highest BCUT2D eigenvalue weighted by molar-refractivity contribution is 7.70. The zero-order valence-electron chi connectivity index (χ0n) is 26.6. The molecule has 0 fully saturated rings. The molecule has 2 aromatic carbocycles. The summed E-state index contributed by atoms with van der Waals surface area (Å²) in [6.07, 6.45) is 7.16. The van der Waals surface area contributed by atoms with Gasteiger partial charge in [-0.3, -0.25) is 13.9 Å². The van der Waals surface area contributed by atoms with Crippen molar-refractivity contribution in [2.45, 2.75) is 63.2 Å². The van der Waals surface area contributed by atoms with Gasteiger partial charge >= 0.3 is 27.4 Å². The van der Waals surface area contributed by atoms with Gasteiger partial charge in [0, 0.05) is 31.2 Å². The molecule has 2 unspecified atom stereocenters. The Morgan fingerprint density at radius 2 is 1.33 bits per heavy atom. The van der Waals surface area contributed by atoms with Crippen LogP contribution >= 0.6 is 15.2 Å². The van der Waals surface area contributed by atoms with Crippen molar-refractivity contribution in [3.05, 3.63) is 91.0 Å². The molecule has 2 heterocycles. The van der Waals surface area contributed by atoms with Gasteiger partial charge in [-0.1, -0.05) is 32.0 Å². The van der Waals surface area contributed by atoms with E-state index in [1.165, 1.54) is 42.0 Å². The van der Waals surface area contributed by atoms with Gasteiger partial charge in [0.05, 0.1) is 5.69 Å². The number of imidazole rings is 2. The van der Waals surface area contributed by atoms with E-state index in [9.17, 15) is 43.1 Å². The summed E-state index contributed by atoms with van der Waals surface area (Å²) in [5, 5.41) is 0.457. The van der Waals surface area contributed by atoms with Crippen LogP contribution in [0.3, 0.4) is 0 Å². The minimum Gasteiger partial charge on any atom is -0.410 e. The van der Waals surface area contributed by atoms with Crippen LogP contribution in [0, 0.1) is 0 Å². The maximum absolute atomic E-state index is 13.0. The van der Waals surface area contributed by atoms with Crippen LogP contribution in [0.5, 0.6) is 11.5 Å². The number of carbonyl (C=O) groups excluding carboxylic acids is 3. The predicted octanol–water partition coefficient (Wildman–Crippen LogP) is 5.65. The number of nitrogens with one attached hydrogen (secondary N) is 1. The molecule has 0 aliphatic carbocycles. The maximum atomic E-state index is 13.0. The smallest absolute Gasteiger partial charge is 0.410 e. The van der Waals surface area contributed by atoms with Gasteiger partial charge in [-0.2, -0.15) is 0 Å². The van der Waals surface area contributed by atoms with E-state index in [1.54, 1.807) is 30.3 Å². The Kier molecular flexibility index (Phi) is 12.4. The first-order valence-electron chi connectivity index (χ1n) is 15.3. The van der Waals surface area contributed by atoms with Gasteiger partial charge in [-0.25, -0.2) is 28.7 Å². The molecular weight excluding hydrogens is 680 g/mol. The van der Waals surface area contributed by atoms with Crippen molar-refractivity contribution in [3.8, 4) is 11.5 Å². The van der Waals surface area contributed by atoms with E-state index < -0.39 is 45.1 Å². The van der Waals surface area contributed by atoms with Crippen molar-refractivity contribution >= 4 is 39.0 Å². The van der Waals surface area contributed by atoms with Crippen molar-refractivity contribution in [1.29, 1.82) is 0 Å². The number of hydrogen-bond acceptors (Lipinski definition) is 9. The average Bonchev–Trinajstić information content (AvgIpc) is 3.78. The zero-order chi connectivity index (χ0) is 35.8. The van der Waals surface area contributed by atoms with Gasteiger partial charge in [0.25, 0.3) is 0 Å². The Morgan fingerprint density at radius 3 is 1.84 bits per heavy atom. The molecule has 4 rings (SSSR count). The number of ether oxygens (including phenoxy) is 2. The summed E-state index contributed by atoms with van der Waals surface area (Å²) in [6.45, 7) is 4.05. The highest BCUT2D eigenvalue weighted by atomic mass is 31.2. The average molecular weight is 718 g/mol. The van der Waals surface area contributed by atoms with Crippen LogP contribution in [0.25, 0.3) is 0 Å². The topological polar surface area (TPSA) is 232 Å². The van der Waals surface area contributed by atoms with E-state index in [2.05, 4.69) is 15.3 Å². The van der Waals surface area contributed by atoms with Crippen LogP contribution in [0.15, 0.2) is 79.9 Å². The normalized spacial score (nSPS) is 13.1. The third-order valence-corrected chi connectivity index (χ3v) is 11.7. The lowest BCUT2D eigenvalue weighted by atomic mass is 9.78. The number of aromatic nitrogens is 4. The summed E-state index contributed by atoms with van der Waals surface area (Å²) in [5.41, 5.74) is 1.93. The molecule has 0 aliphatic heterocycles. The molecule has 16 nitrogen and oxygen atoms in total. The number of anilines is 1. The van der Waals surface area contributed by atoms with E-state index in [1.807, 2.05) is 26.0 Å². The van der Waals surface area contributed by atoms with Gasteiger partial charge in [0.2, 0.25) is 5.91 Å². The van der Waals surface area contributed by atoms with E-state index in [-0.39, 0.29) is 36.1 Å². The summed E-state index contributed by atoms with van der Waals surface area (Å²) in [4.78, 5) is 83.3. The number of hydrogen-bond donors (Lipinski definition) is 5. The maximum Gasteiger partial charge on any atom is 0.424 e. The van der Waals surface area contributed by atoms with Gasteiger partial charge in [-0.05, 0) is 72.9 Å². The Bertz CT molecular complexity index is 1800. The number of carbonyl (C=O) groups is 3. The third-order valence-electron chi connectivity index (χ3n) is 7.86. The third kappa shape index (κ3) is 10.0. The standard InChI is InChI=1S/C31H37N5O11P2/c1-3-24(21-8-11-23(12-9-21)46-30(38)35-16-14-32-19-35)25(4-2)22-10-13-27(47-31(39)36-17-15-33-20-36)26(18-22)34-28(37)6-5-7-29(48(40,41)42)49(43,44)45/h8-20,24-25,29H,3-7H2,1-2H3,(H,34,37)(H2,40,41,42)(H2,43,44,45). The lowest BCUT2D eigenvalue weighted by Crippen LogP contribution is -2.19. The van der Waals surface area contributed by atoms with Crippen LogP contribution in [0.1, 0.15) is 68.9 Å². The molecule has 2 aromatic heterocycles. The zero-order valence-corrected chi connectivity index (χ0v) is 28.4. The van der Waals surface area contributed by atoms with Crippen LogP contribution in [-0.4, -0.2) is 62.2 Å². The molecule has 0 spiro atoms. The number of rotatable bonds is 14. The fourth-order valence-electron chi connectivity index (χ4n) is 5.48. The van der Waals surface area contributed by atoms with Crippen molar-refractivity contribution in [1.82, 2.24) is 19.1 Å². The first-order chi connectivity index (χ1) is 23.2. The summed E-state index contributed by atoms with van der Waals surface area (Å²) >= 11 is 0. The molecule has 262 valence electrons. The lowest BCUT2D eigenvalue weighted by molar-refractivity contribution is -0.116. The second-order valence-corrected chi connectivity index (χ2v) is 15.1. The van der Waals surface area contributed by atoms with Crippen molar-refractivity contribution in [2.24, 2.45) is 0 Å². The summed E-state index contributed by atoms with van der Waals surface area (Å²) in [6, 6.07) is 12.2. The summed E-state index contributed by atoms with van der Waals surface area (Å²) in [7, 11) is -10.3. The number of nitrogens with zero attached hydrogens (tertiary/aromatic N) is 4. The minimum absolute atomic E-state index is 0.0106. The second kappa shape index (κ2) is 16.3. The largest absolute Gasteiger partial charge is 0.424 e. The SMILES string of the molecule is CCC(c1ccc(OC(=O)n2ccnc2)cc1)C(CC)c1ccc(OC(=O)n2ccnc2)c(NC(=O)CCCC(P(=O)(O)O)P(=O)(O)O)c1. The van der Waals surface area contributed by atoms with Crippen LogP contribution in [0.2, 0.25) is 0 Å². The Hall–Kier alpha value is -4.43. The Balaban J connectivity index is 1.56. The molecule has 1 amide bonds. The van der Waals surface area contributed by atoms with E-state index in [0.717, 1.165) is 22.1 Å². The molecular formula is C31H37N5O11P2. The molecule has 0 saturated heterocycles. The van der Waals surface area contributed by atoms with Gasteiger partial charge in [-0.15, -0.1) is 0 Å². The molecule has 2 atom stereocenters. The van der Waals surface area contributed by atoms with E-state index in [4.69, 9.17) is 9.47 Å². The molecule has 0 aliphatic rings. The first kappa shape index (κ1) is 37.4. The van der Waals surface area contributed by atoms with Gasteiger partial charge in [0.15, 0.2) is 11.1 Å². The molecule has 49 heavy (non-hydrogen) atoms. The fraction of sp³-hybridized carbons (Fsp3) is 0.323. The van der Waals surface area contributed by atoms with Crippen LogP contribution < -0.4 is 14.8 Å². The van der Waals surface area contributed by atoms with Crippen molar-refractivity contribution in [3.63, 3.8) is 0 Å². The van der Waals surface area contributed by atoms with Crippen LogP contribution in [-0.2, 0) is 13.9 Å². The fourth-order valence-corrected chi connectivity index (χ4v) is 8.08. The molecule has 18 heteroatoms. The molecule has 0 radical (unpaired) electrons. The van der Waals surface area contributed by atoms with Gasteiger partial charge in [0.1, 0.15) is 18.4 Å². The van der Waals surface area contributed by atoms with E-state index >= 15 is 0 Å². The lowest BCUT2D eigenvalue weighted by Gasteiger charge is -2.27. The minimum atomic E-state index is -5.14. The van der Waals surface area contributed by atoms with E-state index in [0.29, 0.717) is 12.2 Å². The molecule has 0 saturated carbocycles. The first-order valence-corrected chi connectivity index (χ1v) is 18.6. The molecule has 0 bridgehead atoms. The molecule has 5 N–H and O–H groups in total. The number of benzene rings is 2. The monoisotopic (exact) mass is 717 g/mol. The van der Waals surface area contributed by atoms with Crippen molar-refractivity contribution in [2.75, 3.05) is 5.32 Å². The predicted molar refractivity (Wildman–Crippen MR) is 177 cm³/mol. The highest BCUT2D eigenvalue weighted by Gasteiger charge is 2.42. The second-order valence-electron chi connectivity index (χ2n) is 11.1. The highest BCUT2D eigenvalue weighted by Crippen LogP contribution is 2.61. The number of amides is 1. The van der Waals surface area contributed by atoms with Crippen molar-refractivity contribution < 1.29 is 52.6 Å².